The molecule has 1 heterocycles. The zero-order valence-electron chi connectivity index (χ0n) is 6.95. The molecule has 1 aliphatic rings. The quantitative estimate of drug-likeness (QED) is 0.642. The Morgan fingerprint density at radius 3 is 2.79 bits per heavy atom. The van der Waals surface area contributed by atoms with E-state index in [1.54, 1.807) is 0 Å². The van der Waals surface area contributed by atoms with Crippen LogP contribution in [0.4, 0.5) is 10.1 Å². The second kappa shape index (κ2) is 2.78. The molecule has 1 aliphatic heterocycles. The lowest BCUT2D eigenvalue weighted by atomic mass is 10.3. The molecule has 1 aromatic rings. The van der Waals surface area contributed by atoms with E-state index >= 15 is 0 Å². The van der Waals surface area contributed by atoms with Gasteiger partial charge in [0, 0.05) is 0 Å². The number of benzene rings is 1. The van der Waals surface area contributed by atoms with Gasteiger partial charge in [-0.2, -0.15) is 0 Å². The third-order valence-corrected chi connectivity index (χ3v) is 3.63. The number of nitrogens with one attached hydrogen (secondary N) is 1. The standard InChI is InChI=1S/C8H6FNO3S/c9-5-1-2-7-6(3-5)10-4-8(11)14(7,12)13/h1-3,10H,4H2. The topological polar surface area (TPSA) is 63.2 Å². The minimum Gasteiger partial charge on any atom is -0.376 e. The van der Waals surface area contributed by atoms with Crippen LogP contribution in [0.25, 0.3) is 0 Å². The Kier molecular flexibility index (Phi) is 1.81. The summed E-state index contributed by atoms with van der Waals surface area (Å²) in [6.45, 7) is -0.307. The fourth-order valence-corrected chi connectivity index (χ4v) is 2.44. The van der Waals surface area contributed by atoms with E-state index in [4.69, 9.17) is 0 Å². The zero-order valence-corrected chi connectivity index (χ0v) is 7.77. The van der Waals surface area contributed by atoms with Crippen molar-refractivity contribution in [1.29, 1.82) is 0 Å². The van der Waals surface area contributed by atoms with Gasteiger partial charge in [0.2, 0.25) is 9.84 Å². The zero-order chi connectivity index (χ0) is 10.3. The minimum absolute atomic E-state index is 0.143. The summed E-state index contributed by atoms with van der Waals surface area (Å²) in [5, 5.41) is 1.65. The monoisotopic (exact) mass is 215 g/mol. The molecule has 6 heteroatoms. The molecule has 0 radical (unpaired) electrons. The fourth-order valence-electron chi connectivity index (χ4n) is 1.26. The second-order valence-electron chi connectivity index (χ2n) is 2.87. The van der Waals surface area contributed by atoms with E-state index in [2.05, 4.69) is 5.32 Å². The van der Waals surface area contributed by atoms with Crippen LogP contribution >= 0.6 is 0 Å². The highest BCUT2D eigenvalue weighted by Gasteiger charge is 2.31. The number of hydrogen-bond acceptors (Lipinski definition) is 4. The maximum absolute atomic E-state index is 12.7. The van der Waals surface area contributed by atoms with Crippen molar-refractivity contribution >= 4 is 20.6 Å². The highest BCUT2D eigenvalue weighted by Crippen LogP contribution is 2.27. The Bertz CT molecular complexity index is 509. The number of hydrogen-bond donors (Lipinski definition) is 1. The molecule has 0 fully saturated rings. The van der Waals surface area contributed by atoms with Crippen molar-refractivity contribution in [2.45, 2.75) is 4.90 Å². The van der Waals surface area contributed by atoms with Crippen LogP contribution in [0.3, 0.4) is 0 Å². The first-order valence-corrected chi connectivity index (χ1v) is 5.31. The van der Waals surface area contributed by atoms with Gasteiger partial charge in [-0.05, 0) is 18.2 Å². The Hall–Kier alpha value is -1.43. The number of anilines is 1. The van der Waals surface area contributed by atoms with E-state index in [0.29, 0.717) is 0 Å². The van der Waals surface area contributed by atoms with E-state index < -0.39 is 20.8 Å². The number of halogens is 1. The summed E-state index contributed by atoms with van der Waals surface area (Å²) in [4.78, 5) is 10.9. The Morgan fingerprint density at radius 2 is 2.07 bits per heavy atom. The molecule has 4 nitrogen and oxygen atoms in total. The van der Waals surface area contributed by atoms with Crippen LogP contribution in [-0.4, -0.2) is 20.1 Å². The van der Waals surface area contributed by atoms with Gasteiger partial charge < -0.3 is 5.32 Å². The average Bonchev–Trinajstić information content (AvgIpc) is 2.12. The van der Waals surface area contributed by atoms with E-state index in [0.717, 1.165) is 18.2 Å². The summed E-state index contributed by atoms with van der Waals surface area (Å²) in [6.07, 6.45) is 0. The van der Waals surface area contributed by atoms with Crippen molar-refractivity contribution < 1.29 is 17.6 Å². The van der Waals surface area contributed by atoms with Crippen LogP contribution in [0.5, 0.6) is 0 Å². The molecule has 0 atom stereocenters. The summed E-state index contributed by atoms with van der Waals surface area (Å²) in [5.74, 6) is -0.541. The molecule has 0 unspecified atom stereocenters. The summed E-state index contributed by atoms with van der Waals surface area (Å²) < 4.78 is 35.5. The first-order valence-electron chi connectivity index (χ1n) is 3.83. The molecule has 2 rings (SSSR count). The first-order chi connectivity index (χ1) is 6.51. The summed E-state index contributed by atoms with van der Waals surface area (Å²) in [6, 6.07) is 3.15. The number of carbonyl (C=O) groups excluding carboxylic acids is 1. The van der Waals surface area contributed by atoms with Gasteiger partial charge in [-0.15, -0.1) is 0 Å². The van der Waals surface area contributed by atoms with Crippen molar-refractivity contribution in [2.75, 3.05) is 11.9 Å². The average molecular weight is 215 g/mol. The van der Waals surface area contributed by atoms with Crippen LogP contribution in [0, 0.1) is 5.82 Å². The summed E-state index contributed by atoms with van der Waals surface area (Å²) in [5.41, 5.74) is 0.143. The molecule has 0 saturated carbocycles. The van der Waals surface area contributed by atoms with Crippen LogP contribution in [0.15, 0.2) is 23.1 Å². The van der Waals surface area contributed by atoms with Gasteiger partial charge >= 0.3 is 0 Å². The number of sulfone groups is 1. The van der Waals surface area contributed by atoms with Gasteiger partial charge in [0.05, 0.1) is 17.1 Å². The largest absolute Gasteiger partial charge is 0.376 e. The Balaban J connectivity index is 2.71. The van der Waals surface area contributed by atoms with E-state index in [1.165, 1.54) is 0 Å². The molecule has 0 bridgehead atoms. The highest BCUT2D eigenvalue weighted by atomic mass is 32.2. The summed E-state index contributed by atoms with van der Waals surface area (Å²) >= 11 is 0. The molecule has 1 N–H and O–H groups in total. The van der Waals surface area contributed by atoms with Gasteiger partial charge in [0.15, 0.2) is 0 Å². The Morgan fingerprint density at radius 1 is 1.36 bits per heavy atom. The van der Waals surface area contributed by atoms with Gasteiger partial charge in [-0.1, -0.05) is 0 Å². The highest BCUT2D eigenvalue weighted by molar-refractivity contribution is 8.06. The smallest absolute Gasteiger partial charge is 0.270 e. The van der Waals surface area contributed by atoms with Crippen LogP contribution in [0.2, 0.25) is 0 Å². The van der Waals surface area contributed by atoms with Crippen molar-refractivity contribution in [3.8, 4) is 0 Å². The molecule has 0 aliphatic carbocycles. The van der Waals surface area contributed by atoms with Gasteiger partial charge in [0.1, 0.15) is 5.82 Å². The predicted molar refractivity (Wildman–Crippen MR) is 47.1 cm³/mol. The number of fused-ring (bicyclic) bond motifs is 1. The summed E-state index contributed by atoms with van der Waals surface area (Å²) in [7, 11) is -3.91. The van der Waals surface area contributed by atoms with Crippen molar-refractivity contribution in [3.63, 3.8) is 0 Å². The van der Waals surface area contributed by atoms with Gasteiger partial charge in [-0.25, -0.2) is 12.8 Å². The van der Waals surface area contributed by atoms with Gasteiger partial charge in [0.25, 0.3) is 5.12 Å². The van der Waals surface area contributed by atoms with Crippen LogP contribution < -0.4 is 5.32 Å². The predicted octanol–water partition coefficient (Wildman–Crippen LogP) is 0.551. The molecule has 14 heavy (non-hydrogen) atoms. The molecule has 0 spiro atoms. The maximum atomic E-state index is 12.7. The van der Waals surface area contributed by atoms with E-state index in [9.17, 15) is 17.6 Å². The first kappa shape index (κ1) is 9.14. The van der Waals surface area contributed by atoms with E-state index in [-0.39, 0.29) is 17.1 Å². The van der Waals surface area contributed by atoms with Crippen molar-refractivity contribution in [1.82, 2.24) is 0 Å². The third kappa shape index (κ3) is 1.19. The lowest BCUT2D eigenvalue weighted by Crippen LogP contribution is -2.29. The second-order valence-corrected chi connectivity index (χ2v) is 4.77. The molecule has 0 amide bonds. The Labute approximate surface area is 79.7 Å². The third-order valence-electron chi connectivity index (χ3n) is 1.95. The van der Waals surface area contributed by atoms with Crippen LogP contribution in [-0.2, 0) is 14.6 Å². The van der Waals surface area contributed by atoms with Crippen LogP contribution in [0.1, 0.15) is 0 Å². The molecule has 74 valence electrons. The van der Waals surface area contributed by atoms with Gasteiger partial charge in [-0.3, -0.25) is 4.79 Å². The number of rotatable bonds is 0. The number of carbonyl (C=O) groups is 1. The lowest BCUT2D eigenvalue weighted by Gasteiger charge is -2.16. The van der Waals surface area contributed by atoms with E-state index in [1.807, 2.05) is 0 Å². The molecular formula is C8H6FNO3S. The van der Waals surface area contributed by atoms with Crippen molar-refractivity contribution in [2.24, 2.45) is 0 Å². The molecular weight excluding hydrogens is 209 g/mol. The molecule has 0 saturated heterocycles. The SMILES string of the molecule is O=C1CNc2cc(F)ccc2S1(=O)=O. The minimum atomic E-state index is -3.91. The maximum Gasteiger partial charge on any atom is 0.270 e. The fraction of sp³-hybridized carbons (Fsp3) is 0.125. The normalized spacial score (nSPS) is 18.5. The van der Waals surface area contributed by atoms with Crippen molar-refractivity contribution in [3.05, 3.63) is 24.0 Å². The molecule has 0 aromatic heterocycles. The molecule has 1 aromatic carbocycles. The lowest BCUT2D eigenvalue weighted by molar-refractivity contribution is -0.110.